The van der Waals surface area contributed by atoms with Gasteiger partial charge in [-0.2, -0.15) is 0 Å². The molecule has 2 atom stereocenters. The van der Waals surface area contributed by atoms with Crippen molar-refractivity contribution in [1.29, 1.82) is 0 Å². The molecule has 5 nitrogen and oxygen atoms in total. The molecular weight excluding hydrogens is 386 g/mol. The van der Waals surface area contributed by atoms with Crippen molar-refractivity contribution in [2.75, 3.05) is 11.9 Å². The van der Waals surface area contributed by atoms with Gasteiger partial charge in [-0.05, 0) is 84.3 Å². The summed E-state index contributed by atoms with van der Waals surface area (Å²) in [5, 5.41) is 16.4. The fourth-order valence-electron chi connectivity index (χ4n) is 4.36. The van der Waals surface area contributed by atoms with Crippen molar-refractivity contribution in [2.24, 2.45) is 5.73 Å². The van der Waals surface area contributed by atoms with Crippen LogP contribution in [0.2, 0.25) is 0 Å². The number of nitrogens with one attached hydrogen (secondary N) is 2. The van der Waals surface area contributed by atoms with Crippen LogP contribution >= 0.6 is 0 Å². The molecule has 1 aliphatic heterocycles. The second-order valence-corrected chi connectivity index (χ2v) is 8.31. The molecule has 3 aromatic rings. The number of benzene rings is 3. The number of fused-ring (bicyclic) bond motifs is 1. The Morgan fingerprint density at radius 1 is 1.10 bits per heavy atom. The van der Waals surface area contributed by atoms with Gasteiger partial charge < -0.3 is 21.5 Å². The first-order valence-electron chi connectivity index (χ1n) is 10.7. The minimum absolute atomic E-state index is 0.0829. The van der Waals surface area contributed by atoms with Crippen LogP contribution in [0.5, 0.6) is 5.75 Å². The van der Waals surface area contributed by atoms with Crippen LogP contribution in [0.4, 0.5) is 5.69 Å². The van der Waals surface area contributed by atoms with Crippen LogP contribution < -0.4 is 16.4 Å². The molecule has 3 aromatic carbocycles. The van der Waals surface area contributed by atoms with Gasteiger partial charge in [-0.15, -0.1) is 0 Å². The zero-order valence-corrected chi connectivity index (χ0v) is 18.0. The Labute approximate surface area is 183 Å². The van der Waals surface area contributed by atoms with E-state index in [0.29, 0.717) is 6.42 Å². The highest BCUT2D eigenvalue weighted by Gasteiger charge is 2.25. The molecule has 160 valence electrons. The lowest BCUT2D eigenvalue weighted by Crippen LogP contribution is -2.44. The quantitative estimate of drug-likeness (QED) is 0.502. The summed E-state index contributed by atoms with van der Waals surface area (Å²) < 4.78 is 0. The summed E-state index contributed by atoms with van der Waals surface area (Å²) in [5.74, 6) is 0.0761. The van der Waals surface area contributed by atoms with E-state index >= 15 is 0 Å². The number of carbonyl (C=O) groups is 1. The van der Waals surface area contributed by atoms with Crippen molar-refractivity contribution >= 4 is 11.6 Å². The second-order valence-electron chi connectivity index (χ2n) is 8.31. The third-order valence-corrected chi connectivity index (χ3v) is 6.04. The van der Waals surface area contributed by atoms with E-state index < -0.39 is 6.04 Å². The first-order chi connectivity index (χ1) is 14.9. The van der Waals surface area contributed by atoms with E-state index in [-0.39, 0.29) is 17.7 Å². The van der Waals surface area contributed by atoms with E-state index in [9.17, 15) is 9.90 Å². The fourth-order valence-corrected chi connectivity index (χ4v) is 4.36. The van der Waals surface area contributed by atoms with Crippen molar-refractivity contribution in [1.82, 2.24) is 5.32 Å². The fraction of sp³-hybridized carbons (Fsp3) is 0.269. The van der Waals surface area contributed by atoms with Crippen molar-refractivity contribution < 1.29 is 9.90 Å². The van der Waals surface area contributed by atoms with Crippen molar-refractivity contribution in [3.05, 3.63) is 82.9 Å². The van der Waals surface area contributed by atoms with Gasteiger partial charge in [0.15, 0.2) is 0 Å². The third kappa shape index (κ3) is 4.57. The maximum Gasteiger partial charge on any atom is 0.237 e. The van der Waals surface area contributed by atoms with E-state index in [0.717, 1.165) is 52.0 Å². The number of carbonyl (C=O) groups excluding carboxylic acids is 1. The Bertz CT molecular complexity index is 1070. The molecule has 5 N–H and O–H groups in total. The average Bonchev–Trinajstić information content (AvgIpc) is 2.76. The van der Waals surface area contributed by atoms with Crippen molar-refractivity contribution in [2.45, 2.75) is 38.8 Å². The number of aryl methyl sites for hydroxylation is 2. The predicted molar refractivity (Wildman–Crippen MR) is 125 cm³/mol. The number of anilines is 1. The van der Waals surface area contributed by atoms with E-state index in [1.54, 1.807) is 12.1 Å². The van der Waals surface area contributed by atoms with E-state index in [1.165, 1.54) is 0 Å². The number of hydrogen-bond donors (Lipinski definition) is 4. The summed E-state index contributed by atoms with van der Waals surface area (Å²) in [6, 6.07) is 19.3. The summed E-state index contributed by atoms with van der Waals surface area (Å²) >= 11 is 0. The standard InChI is InChI=1S/C26H29N3O2/c1-16-12-20(30)13-17(2)21(16)15-23(27)26(31)29-25-10-11-28-24-9-8-19(14-22(24)25)18-6-4-3-5-7-18/h3-9,12-14,23,25,28,30H,10-11,15,27H2,1-2H3,(H,29,31)/t23-,25+/m0/s1. The number of aromatic hydroxyl groups is 1. The molecule has 0 aliphatic carbocycles. The summed E-state index contributed by atoms with van der Waals surface area (Å²) in [6.45, 7) is 4.66. The van der Waals surface area contributed by atoms with Gasteiger partial charge >= 0.3 is 0 Å². The molecule has 0 bridgehead atoms. The van der Waals surface area contributed by atoms with Gasteiger partial charge in [0, 0.05) is 12.2 Å². The molecule has 5 heteroatoms. The second kappa shape index (κ2) is 8.82. The third-order valence-electron chi connectivity index (χ3n) is 6.04. The van der Waals surface area contributed by atoms with E-state index in [4.69, 9.17) is 5.73 Å². The van der Waals surface area contributed by atoms with Gasteiger partial charge in [0.25, 0.3) is 0 Å². The number of amides is 1. The van der Waals surface area contributed by atoms with E-state index in [2.05, 4.69) is 41.0 Å². The number of phenolic OH excluding ortho intramolecular Hbond substituents is 1. The predicted octanol–water partition coefficient (Wildman–Crippen LogP) is 4.22. The highest BCUT2D eigenvalue weighted by molar-refractivity contribution is 5.83. The van der Waals surface area contributed by atoms with Crippen LogP contribution in [0.3, 0.4) is 0 Å². The van der Waals surface area contributed by atoms with Crippen molar-refractivity contribution in [3.8, 4) is 16.9 Å². The number of rotatable bonds is 5. The molecule has 0 aromatic heterocycles. The molecule has 0 radical (unpaired) electrons. The normalized spacial score (nSPS) is 16.2. The number of nitrogens with two attached hydrogens (primary N) is 1. The minimum atomic E-state index is -0.655. The monoisotopic (exact) mass is 415 g/mol. The summed E-state index contributed by atoms with van der Waals surface area (Å²) in [7, 11) is 0. The number of hydrogen-bond acceptors (Lipinski definition) is 4. The Kier molecular flexibility index (Phi) is 5.96. The zero-order chi connectivity index (χ0) is 22.0. The van der Waals surface area contributed by atoms with Gasteiger partial charge in [0.1, 0.15) is 5.75 Å². The summed E-state index contributed by atoms with van der Waals surface area (Å²) in [6.07, 6.45) is 1.24. The molecule has 0 unspecified atom stereocenters. The average molecular weight is 416 g/mol. The first kappa shape index (κ1) is 20.9. The lowest BCUT2D eigenvalue weighted by Gasteiger charge is -2.29. The topological polar surface area (TPSA) is 87.4 Å². The maximum absolute atomic E-state index is 13.0. The molecule has 31 heavy (non-hydrogen) atoms. The minimum Gasteiger partial charge on any atom is -0.508 e. The molecule has 1 heterocycles. The largest absolute Gasteiger partial charge is 0.508 e. The molecule has 0 saturated heterocycles. The van der Waals surface area contributed by atoms with Crippen LogP contribution in [0.25, 0.3) is 11.1 Å². The SMILES string of the molecule is Cc1cc(O)cc(C)c1C[C@H](N)C(=O)N[C@@H]1CCNc2ccc(-c3ccccc3)cc21. The lowest BCUT2D eigenvalue weighted by molar-refractivity contribution is -0.123. The molecule has 1 aliphatic rings. The first-order valence-corrected chi connectivity index (χ1v) is 10.7. The zero-order valence-electron chi connectivity index (χ0n) is 18.0. The van der Waals surface area contributed by atoms with Gasteiger partial charge in [-0.1, -0.05) is 36.4 Å². The smallest absolute Gasteiger partial charge is 0.237 e. The van der Waals surface area contributed by atoms with Crippen LogP contribution in [0.15, 0.2) is 60.7 Å². The summed E-state index contributed by atoms with van der Waals surface area (Å²) in [4.78, 5) is 13.0. The molecule has 4 rings (SSSR count). The lowest BCUT2D eigenvalue weighted by atomic mass is 9.92. The summed E-state index contributed by atoms with van der Waals surface area (Å²) in [5.41, 5.74) is 13.6. The number of phenols is 1. The van der Waals surface area contributed by atoms with E-state index in [1.807, 2.05) is 32.0 Å². The highest BCUT2D eigenvalue weighted by atomic mass is 16.3. The van der Waals surface area contributed by atoms with Crippen LogP contribution in [-0.4, -0.2) is 23.6 Å². The molecular formula is C26H29N3O2. The molecule has 1 amide bonds. The molecule has 0 saturated carbocycles. The van der Waals surface area contributed by atoms with Crippen molar-refractivity contribution in [3.63, 3.8) is 0 Å². The van der Waals surface area contributed by atoms with Gasteiger partial charge in [-0.3, -0.25) is 4.79 Å². The molecule has 0 fully saturated rings. The molecule has 0 spiro atoms. The Morgan fingerprint density at radius 3 is 2.52 bits per heavy atom. The van der Waals surface area contributed by atoms with Gasteiger partial charge in [0.05, 0.1) is 12.1 Å². The maximum atomic E-state index is 13.0. The van der Waals surface area contributed by atoms with Crippen LogP contribution in [0, 0.1) is 13.8 Å². The van der Waals surface area contributed by atoms with Gasteiger partial charge in [0.2, 0.25) is 5.91 Å². The Morgan fingerprint density at radius 2 is 1.81 bits per heavy atom. The highest BCUT2D eigenvalue weighted by Crippen LogP contribution is 2.34. The Hall–Kier alpha value is -3.31. The Balaban J connectivity index is 1.52. The van der Waals surface area contributed by atoms with Gasteiger partial charge in [-0.25, -0.2) is 0 Å². The van der Waals surface area contributed by atoms with Crippen LogP contribution in [0.1, 0.15) is 34.7 Å². The van der Waals surface area contributed by atoms with Crippen LogP contribution in [-0.2, 0) is 11.2 Å².